The van der Waals surface area contributed by atoms with Crippen molar-refractivity contribution in [2.75, 3.05) is 23.5 Å². The first-order valence-electron chi connectivity index (χ1n) is 10.2. The van der Waals surface area contributed by atoms with Crippen molar-refractivity contribution in [3.05, 3.63) is 48.0 Å². The lowest BCUT2D eigenvalue weighted by Gasteiger charge is -2.12. The molecule has 31 heavy (non-hydrogen) atoms. The summed E-state index contributed by atoms with van der Waals surface area (Å²) < 4.78 is 34.4. The van der Waals surface area contributed by atoms with Crippen molar-refractivity contribution >= 4 is 38.2 Å². The van der Waals surface area contributed by atoms with Crippen LogP contribution in [0.15, 0.2) is 42.5 Å². The molecule has 0 atom stereocenters. The molecule has 0 spiro atoms. The molecule has 3 rings (SSSR count). The molecule has 6 nitrogen and oxygen atoms in total. The number of benzene rings is 2. The number of rotatable bonds is 10. The molecule has 1 heterocycles. The van der Waals surface area contributed by atoms with Gasteiger partial charge >= 0.3 is 0 Å². The van der Waals surface area contributed by atoms with Crippen molar-refractivity contribution < 1.29 is 13.2 Å². The van der Waals surface area contributed by atoms with E-state index in [-0.39, 0.29) is 5.75 Å². The number of fused-ring (bicyclic) bond motifs is 1. The Labute approximate surface area is 188 Å². The summed E-state index contributed by atoms with van der Waals surface area (Å²) in [4.78, 5) is 0. The first-order chi connectivity index (χ1) is 14.9. The van der Waals surface area contributed by atoms with Crippen LogP contribution in [0, 0.1) is 11.3 Å². The maximum absolute atomic E-state index is 12.1. The number of nitriles is 1. The number of hydrogen-bond donors (Lipinski definition) is 1. The molecule has 164 valence electrons. The highest BCUT2D eigenvalue weighted by Gasteiger charge is 2.19. The third-order valence-corrected chi connectivity index (χ3v) is 6.74. The average Bonchev–Trinajstić information content (AvgIpc) is 3.09. The maximum atomic E-state index is 12.1. The SMILES string of the molecule is CCCCn1c(-c2ccc(NS(=O)(=O)CCCCl)cc2)c(C#N)c2ccc(OC)cc21. The average molecular weight is 460 g/mol. The van der Waals surface area contributed by atoms with Gasteiger partial charge in [-0.2, -0.15) is 5.26 Å². The topological polar surface area (TPSA) is 84.1 Å². The summed E-state index contributed by atoms with van der Waals surface area (Å²) in [5, 5.41) is 10.8. The van der Waals surface area contributed by atoms with Crippen LogP contribution in [0.5, 0.6) is 5.75 Å². The lowest BCUT2D eigenvalue weighted by atomic mass is 10.1. The van der Waals surface area contributed by atoms with Crippen LogP contribution in [0.4, 0.5) is 5.69 Å². The fraction of sp³-hybridized carbons (Fsp3) is 0.348. The number of unbranched alkanes of at least 4 members (excludes halogenated alkanes) is 1. The van der Waals surface area contributed by atoms with Gasteiger partial charge in [-0.1, -0.05) is 25.5 Å². The summed E-state index contributed by atoms with van der Waals surface area (Å²) in [6, 6.07) is 15.2. The number of aromatic nitrogens is 1. The van der Waals surface area contributed by atoms with E-state index in [1.807, 2.05) is 30.3 Å². The number of hydrogen-bond acceptors (Lipinski definition) is 4. The number of halogens is 1. The normalized spacial score (nSPS) is 11.4. The van der Waals surface area contributed by atoms with Crippen molar-refractivity contribution in [1.82, 2.24) is 4.57 Å². The van der Waals surface area contributed by atoms with Gasteiger partial charge in [-0.3, -0.25) is 4.72 Å². The molecular weight excluding hydrogens is 434 g/mol. The predicted molar refractivity (Wildman–Crippen MR) is 126 cm³/mol. The first kappa shape index (κ1) is 23.0. The number of nitrogens with zero attached hydrogens (tertiary/aromatic N) is 2. The minimum absolute atomic E-state index is 0.0239. The maximum Gasteiger partial charge on any atom is 0.232 e. The van der Waals surface area contributed by atoms with Crippen molar-refractivity contribution in [2.45, 2.75) is 32.7 Å². The van der Waals surface area contributed by atoms with E-state index < -0.39 is 10.0 Å². The summed E-state index contributed by atoms with van der Waals surface area (Å²) in [5.41, 5.74) is 3.71. The number of methoxy groups -OCH3 is 1. The molecule has 0 saturated heterocycles. The second kappa shape index (κ2) is 10.1. The van der Waals surface area contributed by atoms with Gasteiger partial charge in [0.2, 0.25) is 10.0 Å². The molecule has 0 amide bonds. The molecule has 0 fully saturated rings. The largest absolute Gasteiger partial charge is 0.497 e. The lowest BCUT2D eigenvalue weighted by molar-refractivity contribution is 0.415. The van der Waals surface area contributed by atoms with Gasteiger partial charge in [0, 0.05) is 29.6 Å². The minimum Gasteiger partial charge on any atom is -0.497 e. The summed E-state index contributed by atoms with van der Waals surface area (Å²) >= 11 is 5.60. The molecule has 0 aliphatic carbocycles. The highest BCUT2D eigenvalue weighted by molar-refractivity contribution is 7.92. The number of sulfonamides is 1. The number of nitrogens with one attached hydrogen (secondary N) is 1. The molecule has 1 N–H and O–H groups in total. The molecule has 2 aromatic carbocycles. The zero-order chi connectivity index (χ0) is 22.4. The van der Waals surface area contributed by atoms with Crippen molar-refractivity contribution in [3.8, 4) is 23.1 Å². The Morgan fingerprint density at radius 3 is 2.52 bits per heavy atom. The molecular formula is C23H26ClN3O3S. The Morgan fingerprint density at radius 1 is 1.16 bits per heavy atom. The number of ether oxygens (including phenoxy) is 1. The highest BCUT2D eigenvalue weighted by Crippen LogP contribution is 2.36. The van der Waals surface area contributed by atoms with E-state index in [1.54, 1.807) is 19.2 Å². The molecule has 3 aromatic rings. The van der Waals surface area contributed by atoms with Gasteiger partial charge in [-0.05, 0) is 42.7 Å². The minimum atomic E-state index is -3.44. The smallest absolute Gasteiger partial charge is 0.232 e. The number of anilines is 1. The molecule has 0 aliphatic rings. The molecule has 1 aromatic heterocycles. The van der Waals surface area contributed by atoms with Crippen LogP contribution in [0.3, 0.4) is 0 Å². The highest BCUT2D eigenvalue weighted by atomic mass is 35.5. The van der Waals surface area contributed by atoms with E-state index in [9.17, 15) is 13.7 Å². The quantitative estimate of drug-likeness (QED) is 0.413. The van der Waals surface area contributed by atoms with Crippen molar-refractivity contribution in [2.24, 2.45) is 0 Å². The fourth-order valence-electron chi connectivity index (χ4n) is 3.59. The van der Waals surface area contributed by atoms with Crippen LogP contribution in [-0.2, 0) is 16.6 Å². The summed E-state index contributed by atoms with van der Waals surface area (Å²) in [5.74, 6) is 1.01. The number of aryl methyl sites for hydroxylation is 1. The third-order valence-electron chi connectivity index (χ3n) is 5.10. The van der Waals surface area contributed by atoms with Gasteiger partial charge in [0.1, 0.15) is 11.8 Å². The van der Waals surface area contributed by atoms with Crippen LogP contribution in [0.2, 0.25) is 0 Å². The molecule has 0 unspecified atom stereocenters. The molecule has 8 heteroatoms. The summed E-state index contributed by atoms with van der Waals surface area (Å²) in [7, 11) is -1.82. The van der Waals surface area contributed by atoms with Crippen LogP contribution < -0.4 is 9.46 Å². The van der Waals surface area contributed by atoms with Crippen LogP contribution in [-0.4, -0.2) is 31.7 Å². The van der Waals surface area contributed by atoms with Gasteiger partial charge in [0.05, 0.1) is 29.6 Å². The Hall–Kier alpha value is -2.69. The Kier molecular flexibility index (Phi) is 7.47. The van der Waals surface area contributed by atoms with E-state index in [1.165, 1.54) is 0 Å². The number of alkyl halides is 1. The van der Waals surface area contributed by atoms with Crippen LogP contribution in [0.1, 0.15) is 31.7 Å². The second-order valence-electron chi connectivity index (χ2n) is 7.26. The lowest BCUT2D eigenvalue weighted by Crippen LogP contribution is -2.16. The Balaban J connectivity index is 2.06. The van der Waals surface area contributed by atoms with E-state index in [4.69, 9.17) is 16.3 Å². The zero-order valence-electron chi connectivity index (χ0n) is 17.7. The standard InChI is InChI=1S/C23H26ClN3O3S/c1-3-4-13-27-22-15-19(30-2)10-11-20(22)21(16-25)23(27)17-6-8-18(9-7-17)26-31(28,29)14-5-12-24/h6-11,15,26H,3-5,12-14H2,1-2H3. The Morgan fingerprint density at radius 2 is 1.90 bits per heavy atom. The first-order valence-corrected chi connectivity index (χ1v) is 12.4. The molecule has 0 bridgehead atoms. The van der Waals surface area contributed by atoms with Crippen LogP contribution >= 0.6 is 11.6 Å². The third kappa shape index (κ3) is 5.15. The second-order valence-corrected chi connectivity index (χ2v) is 9.48. The van der Waals surface area contributed by atoms with Gasteiger partial charge in [0.15, 0.2) is 0 Å². The van der Waals surface area contributed by atoms with E-state index in [0.717, 1.165) is 47.3 Å². The predicted octanol–water partition coefficient (Wildman–Crippen LogP) is 5.36. The van der Waals surface area contributed by atoms with Gasteiger partial charge in [-0.25, -0.2) is 8.42 Å². The van der Waals surface area contributed by atoms with E-state index in [2.05, 4.69) is 22.3 Å². The molecule has 0 saturated carbocycles. The van der Waals surface area contributed by atoms with Crippen LogP contribution in [0.25, 0.3) is 22.2 Å². The molecule has 0 aliphatic heterocycles. The van der Waals surface area contributed by atoms with E-state index >= 15 is 0 Å². The van der Waals surface area contributed by atoms with Gasteiger partial charge in [0.25, 0.3) is 0 Å². The Bertz CT molecular complexity index is 1200. The summed E-state index contributed by atoms with van der Waals surface area (Å²) in [6.45, 7) is 2.90. The summed E-state index contributed by atoms with van der Waals surface area (Å²) in [6.07, 6.45) is 2.38. The monoisotopic (exact) mass is 459 g/mol. The van der Waals surface area contributed by atoms with Gasteiger partial charge in [-0.15, -0.1) is 11.6 Å². The van der Waals surface area contributed by atoms with E-state index in [0.29, 0.717) is 23.6 Å². The zero-order valence-corrected chi connectivity index (χ0v) is 19.3. The van der Waals surface area contributed by atoms with Crippen molar-refractivity contribution in [1.29, 1.82) is 5.26 Å². The fourth-order valence-corrected chi connectivity index (χ4v) is 5.00. The van der Waals surface area contributed by atoms with Crippen molar-refractivity contribution in [3.63, 3.8) is 0 Å². The van der Waals surface area contributed by atoms with Gasteiger partial charge < -0.3 is 9.30 Å². The molecule has 0 radical (unpaired) electrons.